The minimum atomic E-state index is 0.399. The van der Waals surface area contributed by atoms with Gasteiger partial charge in [0.2, 0.25) is 11.8 Å². The minimum absolute atomic E-state index is 0.399. The highest BCUT2D eigenvalue weighted by Crippen LogP contribution is 2.13. The van der Waals surface area contributed by atoms with Crippen LogP contribution in [0.4, 0.5) is 5.95 Å². The summed E-state index contributed by atoms with van der Waals surface area (Å²) in [6.07, 6.45) is 1.70. The summed E-state index contributed by atoms with van der Waals surface area (Å²) in [5.41, 5.74) is 6.41. The fourth-order valence-electron chi connectivity index (χ4n) is 1.10. The zero-order chi connectivity index (χ0) is 9.42. The Labute approximate surface area is 75.0 Å². The SMILES string of the molecule is Cn1nccc1-c1nc(N)n(C)n1. The highest BCUT2D eigenvalue weighted by Gasteiger charge is 2.09. The molecule has 0 aliphatic heterocycles. The summed E-state index contributed by atoms with van der Waals surface area (Å²) in [5, 5.41) is 8.15. The van der Waals surface area contributed by atoms with Crippen molar-refractivity contribution in [3.05, 3.63) is 12.3 Å². The molecule has 68 valence electrons. The molecule has 2 N–H and O–H groups in total. The van der Waals surface area contributed by atoms with E-state index in [0.29, 0.717) is 11.8 Å². The second kappa shape index (κ2) is 2.58. The van der Waals surface area contributed by atoms with Crippen molar-refractivity contribution in [2.45, 2.75) is 0 Å². The quantitative estimate of drug-likeness (QED) is 0.656. The average molecular weight is 178 g/mol. The maximum absolute atomic E-state index is 5.56. The van der Waals surface area contributed by atoms with Crippen LogP contribution in [0.5, 0.6) is 0 Å². The Kier molecular flexibility index (Phi) is 1.54. The third kappa shape index (κ3) is 1.16. The first-order valence-corrected chi connectivity index (χ1v) is 3.83. The number of anilines is 1. The molecule has 0 aliphatic rings. The van der Waals surface area contributed by atoms with Gasteiger partial charge in [-0.1, -0.05) is 0 Å². The van der Waals surface area contributed by atoms with E-state index in [0.717, 1.165) is 5.69 Å². The topological polar surface area (TPSA) is 74.6 Å². The van der Waals surface area contributed by atoms with Crippen molar-refractivity contribution in [1.29, 1.82) is 0 Å². The number of hydrogen-bond donors (Lipinski definition) is 1. The number of hydrogen-bond acceptors (Lipinski definition) is 4. The van der Waals surface area contributed by atoms with Gasteiger partial charge in [-0.05, 0) is 6.07 Å². The number of nitrogen functional groups attached to an aromatic ring is 1. The Bertz CT molecular complexity index is 406. The van der Waals surface area contributed by atoms with Gasteiger partial charge in [-0.15, -0.1) is 5.10 Å². The third-order valence-electron chi connectivity index (χ3n) is 1.85. The number of aromatic nitrogens is 5. The van der Waals surface area contributed by atoms with E-state index in [9.17, 15) is 0 Å². The number of rotatable bonds is 1. The Morgan fingerprint density at radius 1 is 1.31 bits per heavy atom. The summed E-state index contributed by atoms with van der Waals surface area (Å²) < 4.78 is 3.23. The largest absolute Gasteiger partial charge is 0.368 e. The van der Waals surface area contributed by atoms with Crippen molar-refractivity contribution < 1.29 is 0 Å². The van der Waals surface area contributed by atoms with Crippen LogP contribution in [0.1, 0.15) is 0 Å². The zero-order valence-electron chi connectivity index (χ0n) is 7.47. The number of nitrogens with zero attached hydrogens (tertiary/aromatic N) is 5. The first-order valence-electron chi connectivity index (χ1n) is 3.83. The van der Waals surface area contributed by atoms with Gasteiger partial charge < -0.3 is 5.73 Å². The van der Waals surface area contributed by atoms with Gasteiger partial charge >= 0.3 is 0 Å². The molecule has 0 radical (unpaired) electrons. The lowest BCUT2D eigenvalue weighted by Crippen LogP contribution is -1.97. The molecule has 2 aromatic heterocycles. The van der Waals surface area contributed by atoms with Crippen LogP contribution in [-0.4, -0.2) is 24.5 Å². The van der Waals surface area contributed by atoms with Crippen LogP contribution in [0.2, 0.25) is 0 Å². The highest BCUT2D eigenvalue weighted by atomic mass is 15.4. The molecule has 0 fully saturated rings. The Balaban J connectivity index is 2.53. The predicted octanol–water partition coefficient (Wildman–Crippen LogP) is -0.202. The van der Waals surface area contributed by atoms with E-state index in [2.05, 4.69) is 15.2 Å². The van der Waals surface area contributed by atoms with E-state index in [-0.39, 0.29) is 0 Å². The lowest BCUT2D eigenvalue weighted by Gasteiger charge is -1.93. The lowest BCUT2D eigenvalue weighted by atomic mass is 10.4. The van der Waals surface area contributed by atoms with Crippen molar-refractivity contribution >= 4 is 5.95 Å². The molecule has 0 aliphatic carbocycles. The van der Waals surface area contributed by atoms with Crippen molar-refractivity contribution in [2.75, 3.05) is 5.73 Å². The fraction of sp³-hybridized carbons (Fsp3) is 0.286. The van der Waals surface area contributed by atoms with Gasteiger partial charge in [0.15, 0.2) is 0 Å². The molecule has 0 saturated carbocycles. The van der Waals surface area contributed by atoms with Gasteiger partial charge in [0, 0.05) is 20.3 Å². The van der Waals surface area contributed by atoms with Crippen LogP contribution in [0.3, 0.4) is 0 Å². The molecule has 6 nitrogen and oxygen atoms in total. The zero-order valence-corrected chi connectivity index (χ0v) is 7.47. The van der Waals surface area contributed by atoms with Crippen LogP contribution in [0.25, 0.3) is 11.5 Å². The van der Waals surface area contributed by atoms with Gasteiger partial charge in [-0.2, -0.15) is 10.1 Å². The van der Waals surface area contributed by atoms with E-state index >= 15 is 0 Å². The average Bonchev–Trinajstić information content (AvgIpc) is 2.60. The van der Waals surface area contributed by atoms with Gasteiger partial charge in [0.1, 0.15) is 5.69 Å². The maximum atomic E-state index is 5.56. The molecule has 0 unspecified atom stereocenters. The summed E-state index contributed by atoms with van der Waals surface area (Å²) in [7, 11) is 3.59. The smallest absolute Gasteiger partial charge is 0.218 e. The standard InChI is InChI=1S/C7H10N6/c1-12-5(3-4-9-12)6-10-7(8)13(2)11-6/h3-4H,1-2H3,(H2,8,10,11). The molecule has 0 spiro atoms. The molecule has 0 saturated heterocycles. The van der Waals surface area contributed by atoms with E-state index < -0.39 is 0 Å². The molecule has 2 rings (SSSR count). The Morgan fingerprint density at radius 3 is 2.54 bits per heavy atom. The van der Waals surface area contributed by atoms with E-state index in [4.69, 9.17) is 5.73 Å². The molecule has 2 heterocycles. The molecule has 0 atom stereocenters. The molecule has 2 aromatic rings. The normalized spacial score (nSPS) is 10.6. The van der Waals surface area contributed by atoms with Gasteiger partial charge in [0.05, 0.1) is 0 Å². The number of nitrogens with two attached hydrogens (primary N) is 1. The predicted molar refractivity (Wildman–Crippen MR) is 47.6 cm³/mol. The van der Waals surface area contributed by atoms with Crippen molar-refractivity contribution in [3.8, 4) is 11.5 Å². The second-order valence-electron chi connectivity index (χ2n) is 2.76. The van der Waals surface area contributed by atoms with E-state index in [1.807, 2.05) is 13.1 Å². The molecule has 0 aromatic carbocycles. The van der Waals surface area contributed by atoms with Crippen LogP contribution >= 0.6 is 0 Å². The van der Waals surface area contributed by atoms with E-state index in [1.165, 1.54) is 4.68 Å². The van der Waals surface area contributed by atoms with Crippen molar-refractivity contribution in [2.24, 2.45) is 14.1 Å². The molecular formula is C7H10N6. The van der Waals surface area contributed by atoms with Crippen molar-refractivity contribution in [1.82, 2.24) is 24.5 Å². The van der Waals surface area contributed by atoms with Crippen molar-refractivity contribution in [3.63, 3.8) is 0 Å². The molecular weight excluding hydrogens is 168 g/mol. The molecule has 0 bridgehead atoms. The van der Waals surface area contributed by atoms with Crippen LogP contribution < -0.4 is 5.73 Å². The molecule has 0 amide bonds. The van der Waals surface area contributed by atoms with E-state index in [1.54, 1.807) is 17.9 Å². The molecule has 13 heavy (non-hydrogen) atoms. The van der Waals surface area contributed by atoms with Crippen LogP contribution in [0, 0.1) is 0 Å². The Hall–Kier alpha value is -1.85. The van der Waals surface area contributed by atoms with Crippen LogP contribution in [-0.2, 0) is 14.1 Å². The van der Waals surface area contributed by atoms with Gasteiger partial charge in [-0.25, -0.2) is 4.68 Å². The van der Waals surface area contributed by atoms with Gasteiger partial charge in [0.25, 0.3) is 0 Å². The Morgan fingerprint density at radius 2 is 2.08 bits per heavy atom. The van der Waals surface area contributed by atoms with Crippen LogP contribution in [0.15, 0.2) is 12.3 Å². The highest BCUT2D eigenvalue weighted by molar-refractivity contribution is 5.50. The summed E-state index contributed by atoms with van der Waals surface area (Å²) >= 11 is 0. The summed E-state index contributed by atoms with van der Waals surface area (Å²) in [6.45, 7) is 0. The summed E-state index contributed by atoms with van der Waals surface area (Å²) in [4.78, 5) is 4.08. The monoisotopic (exact) mass is 178 g/mol. The fourth-order valence-corrected chi connectivity index (χ4v) is 1.10. The summed E-state index contributed by atoms with van der Waals surface area (Å²) in [6, 6.07) is 1.84. The molecule has 6 heteroatoms. The third-order valence-corrected chi connectivity index (χ3v) is 1.85. The second-order valence-corrected chi connectivity index (χ2v) is 2.76. The van der Waals surface area contributed by atoms with Gasteiger partial charge in [-0.3, -0.25) is 4.68 Å². The first-order chi connectivity index (χ1) is 6.18. The first kappa shape index (κ1) is 7.78. The lowest BCUT2D eigenvalue weighted by molar-refractivity contribution is 0.754. The number of aryl methyl sites for hydroxylation is 2. The maximum Gasteiger partial charge on any atom is 0.218 e. The summed E-state index contributed by atoms with van der Waals surface area (Å²) in [5.74, 6) is 0.996. The minimum Gasteiger partial charge on any atom is -0.368 e.